The summed E-state index contributed by atoms with van der Waals surface area (Å²) in [7, 11) is 1.69. The number of nitrogens with zero attached hydrogens (tertiary/aromatic N) is 1. The summed E-state index contributed by atoms with van der Waals surface area (Å²) in [5.41, 5.74) is 6.28. The van der Waals surface area contributed by atoms with Gasteiger partial charge < -0.3 is 10.1 Å². The maximum Gasteiger partial charge on any atom is 0.133 e. The number of ether oxygens (including phenoxy) is 1. The normalized spacial score (nSPS) is 12.5. The van der Waals surface area contributed by atoms with E-state index < -0.39 is 0 Å². The molecule has 0 bridgehead atoms. The first-order chi connectivity index (χ1) is 15.9. The van der Waals surface area contributed by atoms with Crippen molar-refractivity contribution in [1.82, 2.24) is 5.32 Å². The third-order valence-corrected chi connectivity index (χ3v) is 5.39. The lowest BCUT2D eigenvalue weighted by atomic mass is 9.98. The first-order valence-corrected chi connectivity index (χ1v) is 11.7. The highest BCUT2D eigenvalue weighted by Crippen LogP contribution is 2.31. The monoisotopic (exact) mass is 462 g/mol. The van der Waals surface area contributed by atoms with Crippen molar-refractivity contribution in [3.05, 3.63) is 101 Å². The highest BCUT2D eigenvalue weighted by atomic mass is 35.5. The SMILES string of the molecule is C=C(/C=C\C(C)=C\CC)CN=C(N/C=C/CC)c1cc(-c2ccc(Cl)cc2)cc(OC)c1C. The van der Waals surface area contributed by atoms with E-state index in [1.807, 2.05) is 49.5 Å². The average Bonchev–Trinajstić information content (AvgIpc) is 2.81. The molecule has 33 heavy (non-hydrogen) atoms. The lowest BCUT2D eigenvalue weighted by Crippen LogP contribution is -2.21. The number of rotatable bonds is 10. The van der Waals surface area contributed by atoms with E-state index in [0.29, 0.717) is 11.6 Å². The van der Waals surface area contributed by atoms with Gasteiger partial charge in [-0.05, 0) is 73.9 Å². The van der Waals surface area contributed by atoms with Gasteiger partial charge in [0, 0.05) is 16.1 Å². The van der Waals surface area contributed by atoms with Gasteiger partial charge >= 0.3 is 0 Å². The Bertz CT molecular complexity index is 1060. The molecule has 0 atom stereocenters. The molecule has 0 aliphatic rings. The van der Waals surface area contributed by atoms with E-state index in [1.165, 1.54) is 5.57 Å². The zero-order valence-corrected chi connectivity index (χ0v) is 21.2. The molecule has 0 heterocycles. The van der Waals surface area contributed by atoms with Crippen LogP contribution in [0.1, 0.15) is 44.7 Å². The van der Waals surface area contributed by atoms with E-state index in [0.717, 1.165) is 52.3 Å². The Morgan fingerprint density at radius 1 is 1.09 bits per heavy atom. The van der Waals surface area contributed by atoms with Gasteiger partial charge in [-0.3, -0.25) is 4.99 Å². The molecule has 0 aromatic heterocycles. The van der Waals surface area contributed by atoms with Crippen LogP contribution in [-0.4, -0.2) is 19.5 Å². The van der Waals surface area contributed by atoms with Crippen LogP contribution in [0.25, 0.3) is 11.1 Å². The molecule has 0 aliphatic heterocycles. The maximum atomic E-state index is 6.09. The lowest BCUT2D eigenvalue weighted by Gasteiger charge is -2.16. The largest absolute Gasteiger partial charge is 0.496 e. The zero-order valence-electron chi connectivity index (χ0n) is 20.4. The molecule has 0 fully saturated rings. The van der Waals surface area contributed by atoms with Crippen LogP contribution in [0.3, 0.4) is 0 Å². The summed E-state index contributed by atoms with van der Waals surface area (Å²) in [6, 6.07) is 12.0. The molecule has 0 saturated carbocycles. The first-order valence-electron chi connectivity index (χ1n) is 11.3. The summed E-state index contributed by atoms with van der Waals surface area (Å²) < 4.78 is 5.70. The summed E-state index contributed by atoms with van der Waals surface area (Å²) in [6.07, 6.45) is 12.3. The minimum atomic E-state index is 0.491. The van der Waals surface area contributed by atoms with E-state index in [4.69, 9.17) is 21.3 Å². The van der Waals surface area contributed by atoms with E-state index >= 15 is 0 Å². The highest BCUT2D eigenvalue weighted by molar-refractivity contribution is 6.30. The number of methoxy groups -OCH3 is 1. The van der Waals surface area contributed by atoms with Crippen LogP contribution >= 0.6 is 11.6 Å². The quantitative estimate of drug-likeness (QED) is 0.220. The summed E-state index contributed by atoms with van der Waals surface area (Å²) in [5, 5.41) is 4.08. The number of benzene rings is 2. The molecule has 0 spiro atoms. The van der Waals surface area contributed by atoms with Crippen LogP contribution < -0.4 is 10.1 Å². The molecular weight excluding hydrogens is 428 g/mol. The number of allylic oxidation sites excluding steroid dienone is 4. The van der Waals surface area contributed by atoms with Crippen LogP contribution in [0.2, 0.25) is 5.02 Å². The van der Waals surface area contributed by atoms with E-state index in [1.54, 1.807) is 7.11 Å². The van der Waals surface area contributed by atoms with Crippen LogP contribution in [0.15, 0.2) is 89.6 Å². The Morgan fingerprint density at radius 2 is 1.82 bits per heavy atom. The molecule has 0 radical (unpaired) electrons. The molecule has 2 rings (SSSR count). The fourth-order valence-electron chi connectivity index (χ4n) is 3.29. The summed E-state index contributed by atoms with van der Waals surface area (Å²) >= 11 is 6.09. The Hall–Kier alpha value is -3.04. The molecule has 0 unspecified atom stereocenters. The predicted octanol–water partition coefficient (Wildman–Crippen LogP) is 8.05. The number of hydrogen-bond donors (Lipinski definition) is 1. The summed E-state index contributed by atoms with van der Waals surface area (Å²) in [6.45, 7) is 13.0. The number of halogens is 1. The van der Waals surface area contributed by atoms with Gasteiger partial charge in [0.05, 0.1) is 13.7 Å². The molecule has 3 nitrogen and oxygen atoms in total. The molecule has 0 amide bonds. The second-order valence-corrected chi connectivity index (χ2v) is 8.26. The van der Waals surface area contributed by atoms with Crippen molar-refractivity contribution in [2.75, 3.05) is 13.7 Å². The van der Waals surface area contributed by atoms with Crippen molar-refractivity contribution in [3.63, 3.8) is 0 Å². The van der Waals surface area contributed by atoms with Gasteiger partial charge in [-0.1, -0.05) is 74.0 Å². The molecular formula is C29H35ClN2O. The van der Waals surface area contributed by atoms with Gasteiger partial charge in [-0.25, -0.2) is 0 Å². The fraction of sp³-hybridized carbons (Fsp3) is 0.276. The van der Waals surface area contributed by atoms with E-state index in [2.05, 4.69) is 57.0 Å². The van der Waals surface area contributed by atoms with Gasteiger partial charge in [0.25, 0.3) is 0 Å². The van der Waals surface area contributed by atoms with Crippen LogP contribution in [-0.2, 0) is 0 Å². The van der Waals surface area contributed by atoms with Gasteiger partial charge in [-0.2, -0.15) is 0 Å². The third-order valence-electron chi connectivity index (χ3n) is 5.13. The van der Waals surface area contributed by atoms with Gasteiger partial charge in [-0.15, -0.1) is 0 Å². The number of aliphatic imine (C=N–C) groups is 1. The standard InChI is InChI=1S/C29H35ClN2O/c1-7-9-17-31-29(32-20-22(4)12-11-21(3)10-8-2)27-18-25(19-28(33-6)23(27)5)24-13-15-26(30)16-14-24/h9-19H,4,7-8,20H2,1-3,5-6H3,(H,31,32)/b12-11-,17-9+,21-10+. The molecule has 0 aliphatic carbocycles. The number of hydrogen-bond acceptors (Lipinski definition) is 2. The number of amidine groups is 1. The van der Waals surface area contributed by atoms with Crippen molar-refractivity contribution in [3.8, 4) is 16.9 Å². The second-order valence-electron chi connectivity index (χ2n) is 7.83. The first kappa shape index (κ1) is 26.2. The molecule has 174 valence electrons. The topological polar surface area (TPSA) is 33.6 Å². The van der Waals surface area contributed by atoms with E-state index in [9.17, 15) is 0 Å². The molecule has 0 saturated heterocycles. The number of nitrogens with one attached hydrogen (secondary N) is 1. The Labute approximate surface area is 204 Å². The lowest BCUT2D eigenvalue weighted by molar-refractivity contribution is 0.412. The second kappa shape index (κ2) is 13.5. The van der Waals surface area contributed by atoms with Crippen LogP contribution in [0.4, 0.5) is 0 Å². The summed E-state index contributed by atoms with van der Waals surface area (Å²) in [5.74, 6) is 1.59. The van der Waals surface area contributed by atoms with Crippen LogP contribution in [0, 0.1) is 6.92 Å². The van der Waals surface area contributed by atoms with Crippen molar-refractivity contribution in [2.24, 2.45) is 4.99 Å². The molecule has 1 N–H and O–H groups in total. The van der Waals surface area contributed by atoms with Crippen molar-refractivity contribution < 1.29 is 4.74 Å². The van der Waals surface area contributed by atoms with Crippen LogP contribution in [0.5, 0.6) is 5.75 Å². The Balaban J connectivity index is 2.47. The zero-order chi connectivity index (χ0) is 24.2. The summed E-state index contributed by atoms with van der Waals surface area (Å²) in [4.78, 5) is 4.88. The van der Waals surface area contributed by atoms with E-state index in [-0.39, 0.29) is 0 Å². The van der Waals surface area contributed by atoms with Crippen molar-refractivity contribution in [1.29, 1.82) is 0 Å². The average molecular weight is 463 g/mol. The molecule has 2 aromatic carbocycles. The Kier molecular flexibility index (Phi) is 10.7. The van der Waals surface area contributed by atoms with Gasteiger partial charge in [0.15, 0.2) is 0 Å². The maximum absolute atomic E-state index is 6.09. The minimum absolute atomic E-state index is 0.491. The molecule has 2 aromatic rings. The van der Waals surface area contributed by atoms with Crippen molar-refractivity contribution >= 4 is 17.4 Å². The van der Waals surface area contributed by atoms with Gasteiger partial charge in [0.2, 0.25) is 0 Å². The Morgan fingerprint density at radius 3 is 2.45 bits per heavy atom. The van der Waals surface area contributed by atoms with Crippen molar-refractivity contribution in [2.45, 2.75) is 40.5 Å². The smallest absolute Gasteiger partial charge is 0.133 e. The van der Waals surface area contributed by atoms with Gasteiger partial charge in [0.1, 0.15) is 11.6 Å². The minimum Gasteiger partial charge on any atom is -0.496 e. The molecule has 4 heteroatoms. The predicted molar refractivity (Wildman–Crippen MR) is 144 cm³/mol. The third kappa shape index (κ3) is 8.11. The fourth-order valence-corrected chi connectivity index (χ4v) is 3.42. The highest BCUT2D eigenvalue weighted by Gasteiger charge is 2.14.